The highest BCUT2D eigenvalue weighted by molar-refractivity contribution is 7.89. The van der Waals surface area contributed by atoms with Crippen LogP contribution in [0.1, 0.15) is 16.8 Å². The number of ether oxygens (including phenoxy) is 2. The van der Waals surface area contributed by atoms with Gasteiger partial charge in [0.2, 0.25) is 10.0 Å². The molecule has 0 heterocycles. The van der Waals surface area contributed by atoms with E-state index in [0.717, 1.165) is 0 Å². The van der Waals surface area contributed by atoms with E-state index < -0.39 is 16.0 Å². The second-order valence-electron chi connectivity index (χ2n) is 3.76. The molecule has 0 saturated carbocycles. The van der Waals surface area contributed by atoms with Crippen molar-refractivity contribution in [1.29, 1.82) is 0 Å². The number of hydrogen-bond donors (Lipinski definition) is 1. The van der Waals surface area contributed by atoms with Crippen molar-refractivity contribution in [3.05, 3.63) is 29.8 Å². The maximum atomic E-state index is 12.0. The van der Waals surface area contributed by atoms with Gasteiger partial charge in [0, 0.05) is 20.3 Å². The van der Waals surface area contributed by atoms with Crippen LogP contribution < -0.4 is 4.72 Å². The Balaban J connectivity index is 2.80. The van der Waals surface area contributed by atoms with E-state index >= 15 is 0 Å². The van der Waals surface area contributed by atoms with Crippen LogP contribution >= 0.6 is 0 Å². The van der Waals surface area contributed by atoms with E-state index in [0.29, 0.717) is 13.0 Å². The van der Waals surface area contributed by atoms with Crippen LogP contribution in [0, 0.1) is 0 Å². The number of carbonyl (C=O) groups excluding carboxylic acids is 1. The fraction of sp³-hybridized carbons (Fsp3) is 0.417. The molecular formula is C12H17NO5S. The van der Waals surface area contributed by atoms with Gasteiger partial charge in [-0.2, -0.15) is 0 Å². The molecule has 19 heavy (non-hydrogen) atoms. The van der Waals surface area contributed by atoms with Crippen molar-refractivity contribution in [2.45, 2.75) is 11.3 Å². The Hall–Kier alpha value is -1.44. The fourth-order valence-electron chi connectivity index (χ4n) is 1.41. The summed E-state index contributed by atoms with van der Waals surface area (Å²) >= 11 is 0. The summed E-state index contributed by atoms with van der Waals surface area (Å²) in [5.74, 6) is -0.573. The zero-order valence-electron chi connectivity index (χ0n) is 10.9. The van der Waals surface area contributed by atoms with Gasteiger partial charge in [-0.25, -0.2) is 17.9 Å². The third kappa shape index (κ3) is 4.62. The summed E-state index contributed by atoms with van der Waals surface area (Å²) in [5.41, 5.74) is 0.197. The zero-order valence-corrected chi connectivity index (χ0v) is 11.7. The molecule has 6 nitrogen and oxygen atoms in total. The van der Waals surface area contributed by atoms with Crippen LogP contribution in [0.4, 0.5) is 0 Å². The molecule has 0 unspecified atom stereocenters. The van der Waals surface area contributed by atoms with Crippen LogP contribution in [0.15, 0.2) is 29.2 Å². The molecule has 1 aromatic carbocycles. The monoisotopic (exact) mass is 287 g/mol. The number of esters is 1. The third-order valence-corrected chi connectivity index (χ3v) is 3.84. The first-order valence-corrected chi connectivity index (χ1v) is 7.16. The highest BCUT2D eigenvalue weighted by atomic mass is 32.2. The van der Waals surface area contributed by atoms with Crippen molar-refractivity contribution in [3.8, 4) is 0 Å². The van der Waals surface area contributed by atoms with Crippen LogP contribution in [0.5, 0.6) is 0 Å². The van der Waals surface area contributed by atoms with Gasteiger partial charge < -0.3 is 9.47 Å². The van der Waals surface area contributed by atoms with Crippen LogP contribution in [-0.2, 0) is 19.5 Å². The first-order valence-electron chi connectivity index (χ1n) is 5.68. The Labute approximate surface area is 112 Å². The summed E-state index contributed by atoms with van der Waals surface area (Å²) in [6.07, 6.45) is 0.576. The average Bonchev–Trinajstić information content (AvgIpc) is 2.43. The lowest BCUT2D eigenvalue weighted by Crippen LogP contribution is -2.25. The minimum atomic E-state index is -3.62. The van der Waals surface area contributed by atoms with E-state index in [1.807, 2.05) is 0 Å². The predicted molar refractivity (Wildman–Crippen MR) is 69.5 cm³/mol. The maximum absolute atomic E-state index is 12.0. The molecule has 0 saturated heterocycles. The van der Waals surface area contributed by atoms with Gasteiger partial charge in [-0.05, 0) is 24.6 Å². The molecule has 0 fully saturated rings. The van der Waals surface area contributed by atoms with Crippen LogP contribution in [0.3, 0.4) is 0 Å². The lowest BCUT2D eigenvalue weighted by Gasteiger charge is -2.07. The van der Waals surface area contributed by atoms with E-state index in [2.05, 4.69) is 9.46 Å². The summed E-state index contributed by atoms with van der Waals surface area (Å²) in [6, 6.07) is 5.70. The second kappa shape index (κ2) is 7.22. The smallest absolute Gasteiger partial charge is 0.337 e. The SMILES string of the molecule is COCCCNS(=O)(=O)c1cccc(C(=O)OC)c1. The van der Waals surface area contributed by atoms with Crippen LogP contribution in [-0.4, -0.2) is 41.8 Å². The Morgan fingerprint density at radius 1 is 1.32 bits per heavy atom. The molecule has 106 valence electrons. The Morgan fingerprint density at radius 3 is 2.68 bits per heavy atom. The normalized spacial score (nSPS) is 11.3. The molecule has 7 heteroatoms. The van der Waals surface area contributed by atoms with Gasteiger partial charge in [-0.3, -0.25) is 0 Å². The highest BCUT2D eigenvalue weighted by Crippen LogP contribution is 2.12. The van der Waals surface area contributed by atoms with E-state index in [1.165, 1.54) is 31.4 Å². The zero-order chi connectivity index (χ0) is 14.3. The average molecular weight is 287 g/mol. The van der Waals surface area contributed by atoms with Crippen molar-refractivity contribution in [1.82, 2.24) is 4.72 Å². The van der Waals surface area contributed by atoms with E-state index in [-0.39, 0.29) is 17.0 Å². The number of methoxy groups -OCH3 is 2. The van der Waals surface area contributed by atoms with Gasteiger partial charge in [0.25, 0.3) is 0 Å². The second-order valence-corrected chi connectivity index (χ2v) is 5.53. The lowest BCUT2D eigenvalue weighted by molar-refractivity contribution is 0.0600. The number of benzene rings is 1. The minimum absolute atomic E-state index is 0.0350. The largest absolute Gasteiger partial charge is 0.465 e. The highest BCUT2D eigenvalue weighted by Gasteiger charge is 2.15. The van der Waals surface area contributed by atoms with Gasteiger partial charge in [-0.15, -0.1) is 0 Å². The molecule has 0 aliphatic rings. The Bertz CT molecular complexity index is 527. The molecule has 0 radical (unpaired) electrons. The van der Waals surface area contributed by atoms with Crippen molar-refractivity contribution in [2.75, 3.05) is 27.4 Å². The van der Waals surface area contributed by atoms with E-state index in [9.17, 15) is 13.2 Å². The summed E-state index contributed by atoms with van der Waals surface area (Å²) in [4.78, 5) is 11.4. The number of rotatable bonds is 7. The number of nitrogens with one attached hydrogen (secondary N) is 1. The standard InChI is InChI=1S/C12H17NO5S/c1-17-8-4-7-13-19(15,16)11-6-3-5-10(9-11)12(14)18-2/h3,5-6,9,13H,4,7-8H2,1-2H3. The molecule has 1 aromatic rings. The minimum Gasteiger partial charge on any atom is -0.465 e. The van der Waals surface area contributed by atoms with Crippen LogP contribution in [0.2, 0.25) is 0 Å². The van der Waals surface area contributed by atoms with Gasteiger partial charge in [-0.1, -0.05) is 6.07 Å². The lowest BCUT2D eigenvalue weighted by atomic mass is 10.2. The Kier molecular flexibility index (Phi) is 5.94. The summed E-state index contributed by atoms with van der Waals surface area (Å²) in [5, 5.41) is 0. The number of hydrogen-bond acceptors (Lipinski definition) is 5. The summed E-state index contributed by atoms with van der Waals surface area (Å²) < 4.78 is 35.7. The first-order chi connectivity index (χ1) is 9.01. The van der Waals surface area contributed by atoms with E-state index in [4.69, 9.17) is 4.74 Å². The number of sulfonamides is 1. The maximum Gasteiger partial charge on any atom is 0.337 e. The van der Waals surface area contributed by atoms with Crippen molar-refractivity contribution in [3.63, 3.8) is 0 Å². The van der Waals surface area contributed by atoms with Gasteiger partial charge in [0.05, 0.1) is 17.6 Å². The molecule has 1 N–H and O–H groups in total. The van der Waals surface area contributed by atoms with Gasteiger partial charge in [0.1, 0.15) is 0 Å². The summed E-state index contributed by atoms with van der Waals surface area (Å²) in [7, 11) is -0.826. The molecular weight excluding hydrogens is 270 g/mol. The van der Waals surface area contributed by atoms with Crippen molar-refractivity contribution in [2.24, 2.45) is 0 Å². The van der Waals surface area contributed by atoms with E-state index in [1.54, 1.807) is 7.11 Å². The quantitative estimate of drug-likeness (QED) is 0.592. The van der Waals surface area contributed by atoms with Gasteiger partial charge >= 0.3 is 5.97 Å². The predicted octanol–water partition coefficient (Wildman–Crippen LogP) is 0.788. The van der Waals surface area contributed by atoms with Crippen molar-refractivity contribution >= 4 is 16.0 Å². The number of carbonyl (C=O) groups is 1. The van der Waals surface area contributed by atoms with Crippen LogP contribution in [0.25, 0.3) is 0 Å². The Morgan fingerprint density at radius 2 is 2.05 bits per heavy atom. The molecule has 1 rings (SSSR count). The molecule has 0 spiro atoms. The molecule has 0 atom stereocenters. The molecule has 0 bridgehead atoms. The first kappa shape index (κ1) is 15.6. The summed E-state index contributed by atoms with van der Waals surface area (Å²) in [6.45, 7) is 0.753. The van der Waals surface area contributed by atoms with Gasteiger partial charge in [0.15, 0.2) is 0 Å². The molecule has 0 aromatic heterocycles. The fourth-order valence-corrected chi connectivity index (χ4v) is 2.53. The molecule has 0 aliphatic heterocycles. The topological polar surface area (TPSA) is 81.7 Å². The molecule has 0 aliphatic carbocycles. The molecule has 0 amide bonds. The van der Waals surface area contributed by atoms with Crippen molar-refractivity contribution < 1.29 is 22.7 Å². The third-order valence-electron chi connectivity index (χ3n) is 2.38.